The van der Waals surface area contributed by atoms with E-state index in [1.54, 1.807) is 0 Å². The summed E-state index contributed by atoms with van der Waals surface area (Å²) in [6.45, 7) is -0.719. The molecular formula is C22H22O12. The molecule has 0 unspecified atom stereocenters. The van der Waals surface area contributed by atoms with Crippen molar-refractivity contribution in [3.8, 4) is 40.1 Å². The Morgan fingerprint density at radius 2 is 1.71 bits per heavy atom. The van der Waals surface area contributed by atoms with Gasteiger partial charge in [-0.25, -0.2) is 0 Å². The number of phenols is 3. The van der Waals surface area contributed by atoms with Crippen LogP contribution in [0, 0.1) is 0 Å². The Hall–Kier alpha value is -3.55. The number of hydrogen-bond acceptors (Lipinski definition) is 12. The van der Waals surface area contributed by atoms with Crippen molar-refractivity contribution >= 4 is 11.0 Å². The molecule has 3 aromatic rings. The van der Waals surface area contributed by atoms with Crippen molar-refractivity contribution in [2.45, 2.75) is 30.7 Å². The van der Waals surface area contributed by atoms with E-state index < -0.39 is 60.0 Å². The molecule has 1 aromatic heterocycles. The Morgan fingerprint density at radius 1 is 0.971 bits per heavy atom. The fourth-order valence-electron chi connectivity index (χ4n) is 3.66. The molecule has 5 atom stereocenters. The molecule has 1 fully saturated rings. The zero-order valence-corrected chi connectivity index (χ0v) is 17.7. The minimum Gasteiger partial charge on any atom is -0.508 e. The van der Waals surface area contributed by atoms with Gasteiger partial charge in [-0.2, -0.15) is 0 Å². The molecule has 2 aromatic carbocycles. The zero-order valence-electron chi connectivity index (χ0n) is 17.7. The molecule has 4 rings (SSSR count). The van der Waals surface area contributed by atoms with Crippen LogP contribution in [-0.4, -0.2) is 80.2 Å². The number of methoxy groups -OCH3 is 1. The van der Waals surface area contributed by atoms with Crippen LogP contribution in [0.25, 0.3) is 22.3 Å². The van der Waals surface area contributed by atoms with Crippen molar-refractivity contribution in [1.82, 2.24) is 0 Å². The van der Waals surface area contributed by atoms with Gasteiger partial charge < -0.3 is 54.4 Å². The first kappa shape index (κ1) is 23.6. The second-order valence-electron chi connectivity index (χ2n) is 7.63. The maximum absolute atomic E-state index is 13.5. The molecule has 0 amide bonds. The third kappa shape index (κ3) is 3.97. The molecule has 1 aliphatic heterocycles. The summed E-state index contributed by atoms with van der Waals surface area (Å²) in [5.41, 5.74) is -0.862. The van der Waals surface area contributed by atoms with Gasteiger partial charge in [0.25, 0.3) is 0 Å². The molecule has 34 heavy (non-hydrogen) atoms. The van der Waals surface area contributed by atoms with Crippen LogP contribution >= 0.6 is 0 Å². The molecule has 1 saturated heterocycles. The highest BCUT2D eigenvalue weighted by Gasteiger charge is 2.45. The third-order valence-electron chi connectivity index (χ3n) is 5.44. The lowest BCUT2D eigenvalue weighted by atomic mass is 9.99. The minimum absolute atomic E-state index is 0.0532. The molecule has 0 aliphatic carbocycles. The monoisotopic (exact) mass is 478 g/mol. The minimum atomic E-state index is -1.82. The summed E-state index contributed by atoms with van der Waals surface area (Å²) in [7, 11) is 1.26. The van der Waals surface area contributed by atoms with Crippen molar-refractivity contribution in [3.63, 3.8) is 0 Å². The van der Waals surface area contributed by atoms with Crippen LogP contribution in [0.4, 0.5) is 0 Å². The SMILES string of the molecule is COc1cc(O)cc2oc(-c3ccc(O)c(O)c3)c(O[C@H]3O[C@@H](CO)[C@@H](O)[C@@H](O)[C@@H]3O)c(=O)c12. The van der Waals surface area contributed by atoms with E-state index in [9.17, 15) is 40.5 Å². The van der Waals surface area contributed by atoms with Crippen LogP contribution in [0.5, 0.6) is 28.7 Å². The maximum atomic E-state index is 13.5. The lowest BCUT2D eigenvalue weighted by molar-refractivity contribution is -0.277. The lowest BCUT2D eigenvalue weighted by Crippen LogP contribution is -2.60. The smallest absolute Gasteiger partial charge is 0.239 e. The van der Waals surface area contributed by atoms with Crippen LogP contribution < -0.4 is 14.9 Å². The third-order valence-corrected chi connectivity index (χ3v) is 5.44. The molecule has 1 aliphatic rings. The van der Waals surface area contributed by atoms with Gasteiger partial charge in [0.05, 0.1) is 13.7 Å². The van der Waals surface area contributed by atoms with Gasteiger partial charge in [-0.15, -0.1) is 0 Å². The largest absolute Gasteiger partial charge is 0.508 e. The van der Waals surface area contributed by atoms with E-state index >= 15 is 0 Å². The van der Waals surface area contributed by atoms with Crippen LogP contribution in [0.1, 0.15) is 0 Å². The molecule has 12 heteroatoms. The van der Waals surface area contributed by atoms with E-state index in [0.717, 1.165) is 18.2 Å². The number of hydrogen-bond donors (Lipinski definition) is 7. The number of phenolic OH excluding ortho intramolecular Hbond substituents is 3. The topological polar surface area (TPSA) is 200 Å². The number of rotatable bonds is 5. The van der Waals surface area contributed by atoms with Crippen LogP contribution in [0.3, 0.4) is 0 Å². The summed E-state index contributed by atoms with van der Waals surface area (Å²) in [6, 6.07) is 5.85. The van der Waals surface area contributed by atoms with E-state index in [1.807, 2.05) is 0 Å². The van der Waals surface area contributed by atoms with Crippen molar-refractivity contribution in [1.29, 1.82) is 0 Å². The predicted octanol–water partition coefficient (Wildman–Crippen LogP) is -0.236. The highest BCUT2D eigenvalue weighted by Crippen LogP contribution is 2.39. The molecule has 0 radical (unpaired) electrons. The van der Waals surface area contributed by atoms with Gasteiger partial charge in [0.15, 0.2) is 17.3 Å². The molecule has 2 heterocycles. The van der Waals surface area contributed by atoms with Gasteiger partial charge in [0.1, 0.15) is 46.9 Å². The lowest BCUT2D eigenvalue weighted by Gasteiger charge is -2.39. The van der Waals surface area contributed by atoms with E-state index in [-0.39, 0.29) is 33.8 Å². The Balaban J connectivity index is 1.93. The molecule has 12 nitrogen and oxygen atoms in total. The molecule has 0 spiro atoms. The number of ether oxygens (including phenoxy) is 3. The standard InChI is InChI=1S/C22H22O12/c1-31-12-5-9(24)6-13-15(12)17(28)21(20(32-13)8-2-3-10(25)11(26)4-8)34-22-19(30)18(29)16(27)14(7-23)33-22/h2-6,14,16,18-19,22-27,29-30H,7H2,1H3/t14-,16+,18+,19-,22+/m0/s1. The molecule has 0 bridgehead atoms. The predicted molar refractivity (Wildman–Crippen MR) is 114 cm³/mol. The molecule has 182 valence electrons. The van der Waals surface area contributed by atoms with Gasteiger partial charge in [-0.05, 0) is 18.2 Å². The quantitative estimate of drug-likeness (QED) is 0.238. The van der Waals surface area contributed by atoms with E-state index in [4.69, 9.17) is 18.6 Å². The van der Waals surface area contributed by atoms with Crippen molar-refractivity contribution < 1.29 is 54.4 Å². The van der Waals surface area contributed by atoms with Crippen molar-refractivity contribution in [3.05, 3.63) is 40.6 Å². The number of aliphatic hydroxyl groups is 4. The highest BCUT2D eigenvalue weighted by molar-refractivity contribution is 5.88. The average Bonchev–Trinajstić information content (AvgIpc) is 2.81. The van der Waals surface area contributed by atoms with Crippen LogP contribution in [0.2, 0.25) is 0 Å². The molecular weight excluding hydrogens is 456 g/mol. The van der Waals surface area contributed by atoms with Gasteiger partial charge in [-0.3, -0.25) is 4.79 Å². The summed E-state index contributed by atoms with van der Waals surface area (Å²) in [4.78, 5) is 13.5. The first-order chi connectivity index (χ1) is 16.2. The first-order valence-corrected chi connectivity index (χ1v) is 10.0. The Kier molecular flexibility index (Phi) is 6.25. The van der Waals surface area contributed by atoms with Gasteiger partial charge in [0, 0.05) is 17.7 Å². The Morgan fingerprint density at radius 3 is 2.35 bits per heavy atom. The van der Waals surface area contributed by atoms with E-state index in [1.165, 1.54) is 19.2 Å². The van der Waals surface area contributed by atoms with Crippen LogP contribution in [0.15, 0.2) is 39.5 Å². The second kappa shape index (κ2) is 9.00. The van der Waals surface area contributed by atoms with Crippen molar-refractivity contribution in [2.24, 2.45) is 0 Å². The summed E-state index contributed by atoms with van der Waals surface area (Å²) in [5.74, 6) is -2.12. The zero-order chi connectivity index (χ0) is 24.7. The van der Waals surface area contributed by atoms with Crippen molar-refractivity contribution in [2.75, 3.05) is 13.7 Å². The average molecular weight is 478 g/mol. The van der Waals surface area contributed by atoms with Gasteiger partial charge in [0.2, 0.25) is 17.5 Å². The number of aromatic hydroxyl groups is 3. The number of fused-ring (bicyclic) bond motifs is 1. The Labute approximate surface area is 191 Å². The fraction of sp³-hybridized carbons (Fsp3) is 0.318. The first-order valence-electron chi connectivity index (χ1n) is 10.0. The fourth-order valence-corrected chi connectivity index (χ4v) is 3.66. The molecule has 0 saturated carbocycles. The van der Waals surface area contributed by atoms with E-state index in [0.29, 0.717) is 0 Å². The number of benzene rings is 2. The summed E-state index contributed by atoms with van der Waals surface area (Å²) >= 11 is 0. The normalized spacial score (nSPS) is 24.8. The highest BCUT2D eigenvalue weighted by atomic mass is 16.7. The Bertz CT molecular complexity index is 1270. The second-order valence-corrected chi connectivity index (χ2v) is 7.63. The maximum Gasteiger partial charge on any atom is 0.239 e. The summed E-state index contributed by atoms with van der Waals surface area (Å²) in [6.07, 6.45) is -8.26. The summed E-state index contributed by atoms with van der Waals surface area (Å²) < 4.78 is 21.9. The van der Waals surface area contributed by atoms with Crippen LogP contribution in [-0.2, 0) is 4.74 Å². The summed E-state index contributed by atoms with van der Waals surface area (Å²) in [5, 5.41) is 69.3. The van der Waals surface area contributed by atoms with Gasteiger partial charge >= 0.3 is 0 Å². The number of aliphatic hydroxyl groups excluding tert-OH is 4. The van der Waals surface area contributed by atoms with E-state index in [2.05, 4.69) is 0 Å². The molecule has 7 N–H and O–H groups in total. The van der Waals surface area contributed by atoms with Gasteiger partial charge in [-0.1, -0.05) is 0 Å².